The summed E-state index contributed by atoms with van der Waals surface area (Å²) in [6, 6.07) is 9.04. The molecule has 0 radical (unpaired) electrons. The highest BCUT2D eigenvalue weighted by atomic mass is 16.5. The maximum Gasteiger partial charge on any atom is 0.118 e. The monoisotopic (exact) mass is 290 g/mol. The van der Waals surface area contributed by atoms with Gasteiger partial charge in [-0.15, -0.1) is 0 Å². The van der Waals surface area contributed by atoms with Gasteiger partial charge in [0.05, 0.1) is 7.11 Å². The van der Waals surface area contributed by atoms with Gasteiger partial charge >= 0.3 is 0 Å². The predicted molar refractivity (Wildman–Crippen MR) is 89.0 cm³/mol. The third kappa shape index (κ3) is 5.01. The zero-order valence-electron chi connectivity index (χ0n) is 14.0. The molecule has 1 aromatic rings. The molecule has 0 amide bonds. The van der Waals surface area contributed by atoms with Crippen LogP contribution in [0.15, 0.2) is 24.3 Å². The number of benzene rings is 1. The fourth-order valence-corrected chi connectivity index (χ4v) is 2.86. The van der Waals surface area contributed by atoms with Gasteiger partial charge in [-0.1, -0.05) is 32.9 Å². The molecule has 1 saturated heterocycles. The van der Waals surface area contributed by atoms with Gasteiger partial charge in [0.1, 0.15) is 5.75 Å². The molecule has 1 heterocycles. The number of rotatable bonds is 4. The zero-order chi connectivity index (χ0) is 15.3. The lowest BCUT2D eigenvalue weighted by molar-refractivity contribution is 0.198. The Labute approximate surface area is 129 Å². The van der Waals surface area contributed by atoms with Crippen LogP contribution in [0.5, 0.6) is 5.75 Å². The minimum Gasteiger partial charge on any atom is -0.497 e. The average molecular weight is 290 g/mol. The van der Waals surface area contributed by atoms with E-state index in [1.54, 1.807) is 7.11 Å². The van der Waals surface area contributed by atoms with Crippen LogP contribution in [0.3, 0.4) is 0 Å². The Hall–Kier alpha value is -1.06. The summed E-state index contributed by atoms with van der Waals surface area (Å²) in [4.78, 5) is 2.61. The molecule has 0 spiro atoms. The summed E-state index contributed by atoms with van der Waals surface area (Å²) in [7, 11) is 1.71. The number of methoxy groups -OCH3 is 1. The Bertz CT molecular complexity index is 422. The van der Waals surface area contributed by atoms with E-state index in [4.69, 9.17) is 4.74 Å². The SMILES string of the molecule is COc1ccc(CCN2CCCNC(C(C)(C)C)C2)cc1. The third-order valence-corrected chi connectivity index (χ3v) is 4.40. The Morgan fingerprint density at radius 1 is 1.24 bits per heavy atom. The topological polar surface area (TPSA) is 24.5 Å². The van der Waals surface area contributed by atoms with E-state index in [-0.39, 0.29) is 0 Å². The van der Waals surface area contributed by atoms with Crippen LogP contribution in [0.1, 0.15) is 32.8 Å². The number of ether oxygens (including phenoxy) is 1. The molecule has 118 valence electrons. The van der Waals surface area contributed by atoms with E-state index in [9.17, 15) is 0 Å². The molecule has 3 nitrogen and oxygen atoms in total. The first kappa shape index (κ1) is 16.3. The van der Waals surface area contributed by atoms with E-state index in [1.165, 1.54) is 18.5 Å². The van der Waals surface area contributed by atoms with Crippen LogP contribution in [0.4, 0.5) is 0 Å². The van der Waals surface area contributed by atoms with Gasteiger partial charge in [-0.25, -0.2) is 0 Å². The second-order valence-electron chi connectivity index (χ2n) is 7.12. The Morgan fingerprint density at radius 3 is 2.57 bits per heavy atom. The van der Waals surface area contributed by atoms with Gasteiger partial charge < -0.3 is 15.0 Å². The van der Waals surface area contributed by atoms with Crippen LogP contribution >= 0.6 is 0 Å². The second-order valence-corrected chi connectivity index (χ2v) is 7.12. The second kappa shape index (κ2) is 7.28. The average Bonchev–Trinajstić information content (AvgIpc) is 2.71. The molecule has 1 fully saturated rings. The first-order chi connectivity index (χ1) is 9.99. The van der Waals surface area contributed by atoms with E-state index in [0.29, 0.717) is 11.5 Å². The van der Waals surface area contributed by atoms with Crippen molar-refractivity contribution in [2.24, 2.45) is 5.41 Å². The van der Waals surface area contributed by atoms with Gasteiger partial charge in [0.2, 0.25) is 0 Å². The maximum atomic E-state index is 5.21. The molecule has 1 aromatic carbocycles. The third-order valence-electron chi connectivity index (χ3n) is 4.40. The van der Waals surface area contributed by atoms with Crippen molar-refractivity contribution < 1.29 is 4.74 Å². The molecular formula is C18H30N2O. The highest BCUT2D eigenvalue weighted by molar-refractivity contribution is 5.27. The lowest BCUT2D eigenvalue weighted by Crippen LogP contribution is -2.46. The summed E-state index contributed by atoms with van der Waals surface area (Å²) < 4.78 is 5.21. The summed E-state index contributed by atoms with van der Waals surface area (Å²) in [5.41, 5.74) is 1.71. The van der Waals surface area contributed by atoms with E-state index in [2.05, 4.69) is 55.3 Å². The van der Waals surface area contributed by atoms with E-state index >= 15 is 0 Å². The van der Waals surface area contributed by atoms with Gasteiger partial charge in [-0.3, -0.25) is 0 Å². The first-order valence-corrected chi connectivity index (χ1v) is 8.08. The van der Waals surface area contributed by atoms with Crippen molar-refractivity contribution in [2.75, 3.05) is 33.3 Å². The van der Waals surface area contributed by atoms with Crippen molar-refractivity contribution >= 4 is 0 Å². The summed E-state index contributed by atoms with van der Waals surface area (Å²) in [6.07, 6.45) is 2.36. The molecule has 3 heteroatoms. The number of hydrogen-bond donors (Lipinski definition) is 1. The molecule has 0 aliphatic carbocycles. The van der Waals surface area contributed by atoms with Crippen molar-refractivity contribution in [1.29, 1.82) is 0 Å². The fraction of sp³-hybridized carbons (Fsp3) is 0.667. The molecule has 1 N–H and O–H groups in total. The van der Waals surface area contributed by atoms with Crippen molar-refractivity contribution in [2.45, 2.75) is 39.7 Å². The number of nitrogens with one attached hydrogen (secondary N) is 1. The van der Waals surface area contributed by atoms with Crippen LogP contribution in [0.25, 0.3) is 0 Å². The minimum absolute atomic E-state index is 0.322. The molecule has 0 saturated carbocycles. The van der Waals surface area contributed by atoms with Crippen molar-refractivity contribution in [3.8, 4) is 5.75 Å². The van der Waals surface area contributed by atoms with Crippen molar-refractivity contribution in [1.82, 2.24) is 10.2 Å². The molecule has 21 heavy (non-hydrogen) atoms. The molecule has 2 rings (SSSR count). The van der Waals surface area contributed by atoms with Crippen molar-refractivity contribution in [3.63, 3.8) is 0 Å². The summed E-state index contributed by atoms with van der Waals surface area (Å²) >= 11 is 0. The van der Waals surface area contributed by atoms with Gasteiger partial charge in [-0.05, 0) is 49.0 Å². The van der Waals surface area contributed by atoms with Gasteiger partial charge in [0.15, 0.2) is 0 Å². The van der Waals surface area contributed by atoms with Crippen LogP contribution in [-0.2, 0) is 6.42 Å². The normalized spacial score (nSPS) is 21.0. The Kier molecular flexibility index (Phi) is 5.65. The smallest absolute Gasteiger partial charge is 0.118 e. The maximum absolute atomic E-state index is 5.21. The van der Waals surface area contributed by atoms with Crippen LogP contribution in [0, 0.1) is 5.41 Å². The van der Waals surface area contributed by atoms with Crippen LogP contribution < -0.4 is 10.1 Å². The van der Waals surface area contributed by atoms with E-state index in [0.717, 1.165) is 31.8 Å². The van der Waals surface area contributed by atoms with Gasteiger partial charge in [0, 0.05) is 19.1 Å². The molecule has 1 aliphatic rings. The number of hydrogen-bond acceptors (Lipinski definition) is 3. The van der Waals surface area contributed by atoms with Gasteiger partial charge in [0.25, 0.3) is 0 Å². The number of nitrogens with zero attached hydrogens (tertiary/aromatic N) is 1. The standard InChI is InChI=1S/C18H30N2O/c1-18(2,3)17-14-20(12-5-11-19-17)13-10-15-6-8-16(21-4)9-7-15/h6-9,17,19H,5,10-14H2,1-4H3. The van der Waals surface area contributed by atoms with Crippen LogP contribution in [-0.4, -0.2) is 44.2 Å². The summed E-state index contributed by atoms with van der Waals surface area (Å²) in [6.45, 7) is 11.6. The lowest BCUT2D eigenvalue weighted by Gasteiger charge is -2.33. The predicted octanol–water partition coefficient (Wildman–Crippen LogP) is 2.95. The highest BCUT2D eigenvalue weighted by Crippen LogP contribution is 2.22. The molecule has 1 atom stereocenters. The molecule has 1 unspecified atom stereocenters. The van der Waals surface area contributed by atoms with Gasteiger partial charge in [-0.2, -0.15) is 0 Å². The quantitative estimate of drug-likeness (QED) is 0.922. The Morgan fingerprint density at radius 2 is 1.95 bits per heavy atom. The van der Waals surface area contributed by atoms with Crippen molar-refractivity contribution in [3.05, 3.63) is 29.8 Å². The lowest BCUT2D eigenvalue weighted by atomic mass is 9.86. The molecule has 1 aliphatic heterocycles. The minimum atomic E-state index is 0.322. The Balaban J connectivity index is 1.88. The van der Waals surface area contributed by atoms with Crippen LogP contribution in [0.2, 0.25) is 0 Å². The molecule has 0 aromatic heterocycles. The summed E-state index contributed by atoms with van der Waals surface area (Å²) in [5, 5.41) is 3.71. The molecular weight excluding hydrogens is 260 g/mol. The largest absolute Gasteiger partial charge is 0.497 e. The van der Waals surface area contributed by atoms with E-state index in [1.807, 2.05) is 0 Å². The first-order valence-electron chi connectivity index (χ1n) is 8.08. The highest BCUT2D eigenvalue weighted by Gasteiger charge is 2.27. The molecule has 0 bridgehead atoms. The summed E-state index contributed by atoms with van der Waals surface area (Å²) in [5.74, 6) is 0.936. The van der Waals surface area contributed by atoms with E-state index < -0.39 is 0 Å². The fourth-order valence-electron chi connectivity index (χ4n) is 2.86. The zero-order valence-corrected chi connectivity index (χ0v) is 14.0.